The third-order valence-corrected chi connectivity index (χ3v) is 3.94. The molecular weight excluding hydrogens is 306 g/mol. The summed E-state index contributed by atoms with van der Waals surface area (Å²) in [5, 5.41) is 18.8. The zero-order valence-electron chi connectivity index (χ0n) is 13.6. The Morgan fingerprint density at radius 1 is 1.21 bits per heavy atom. The molecule has 0 amide bonds. The summed E-state index contributed by atoms with van der Waals surface area (Å²) in [6, 6.07) is 12.5. The van der Waals surface area contributed by atoms with E-state index in [1.165, 1.54) is 4.80 Å². The monoisotopic (exact) mass is 325 g/mol. The molecule has 6 nitrogen and oxygen atoms in total. The van der Waals surface area contributed by atoms with E-state index in [1.54, 1.807) is 18.2 Å². The fraction of sp³-hybridized carbons (Fsp3) is 0.278. The number of ether oxygens (including phenoxy) is 1. The van der Waals surface area contributed by atoms with E-state index < -0.39 is 0 Å². The van der Waals surface area contributed by atoms with Crippen molar-refractivity contribution in [2.45, 2.75) is 26.9 Å². The van der Waals surface area contributed by atoms with Gasteiger partial charge in [-0.05, 0) is 36.2 Å². The van der Waals surface area contributed by atoms with E-state index in [0.717, 1.165) is 23.0 Å². The molecular formula is C18H19N3O3. The highest BCUT2D eigenvalue weighted by atomic mass is 16.5. The van der Waals surface area contributed by atoms with Gasteiger partial charge in [0.1, 0.15) is 29.1 Å². The molecule has 1 heterocycles. The van der Waals surface area contributed by atoms with Gasteiger partial charge in [0.2, 0.25) is 0 Å². The van der Waals surface area contributed by atoms with Crippen LogP contribution in [0.5, 0.6) is 5.75 Å². The zero-order valence-corrected chi connectivity index (χ0v) is 13.6. The summed E-state index contributed by atoms with van der Waals surface area (Å²) in [5.41, 5.74) is 2.69. The molecule has 0 radical (unpaired) electrons. The maximum Gasteiger partial charge on any atom is 0.308 e. The van der Waals surface area contributed by atoms with Gasteiger partial charge in [-0.1, -0.05) is 32.0 Å². The lowest BCUT2D eigenvalue weighted by Gasteiger charge is -2.10. The number of rotatable bonds is 5. The van der Waals surface area contributed by atoms with Crippen LogP contribution in [-0.2, 0) is 16.1 Å². The Morgan fingerprint density at radius 2 is 1.88 bits per heavy atom. The molecule has 1 N–H and O–H groups in total. The Hall–Kier alpha value is -2.89. The first kappa shape index (κ1) is 16.0. The number of esters is 1. The van der Waals surface area contributed by atoms with Crippen LogP contribution >= 0.6 is 0 Å². The molecule has 0 fully saturated rings. The summed E-state index contributed by atoms with van der Waals surface area (Å²) in [6.07, 6.45) is 0.740. The van der Waals surface area contributed by atoms with E-state index in [0.29, 0.717) is 5.69 Å². The number of benzene rings is 2. The lowest BCUT2D eigenvalue weighted by molar-refractivity contribution is -0.149. The molecule has 124 valence electrons. The number of carbonyl (C=O) groups is 1. The predicted molar refractivity (Wildman–Crippen MR) is 89.8 cm³/mol. The maximum absolute atomic E-state index is 11.8. The number of hydrogen-bond donors (Lipinski definition) is 1. The van der Waals surface area contributed by atoms with Crippen LogP contribution in [0, 0.1) is 5.92 Å². The molecule has 24 heavy (non-hydrogen) atoms. The fourth-order valence-corrected chi connectivity index (χ4v) is 2.25. The number of nitrogens with zero attached hydrogens (tertiary/aromatic N) is 3. The first-order chi connectivity index (χ1) is 11.6. The summed E-state index contributed by atoms with van der Waals surface area (Å²) in [4.78, 5) is 13.2. The van der Waals surface area contributed by atoms with Crippen LogP contribution in [-0.4, -0.2) is 26.1 Å². The summed E-state index contributed by atoms with van der Waals surface area (Å²) in [5.74, 6) is -0.290. The highest BCUT2D eigenvalue weighted by Gasteiger charge is 2.14. The second-order valence-corrected chi connectivity index (χ2v) is 5.72. The van der Waals surface area contributed by atoms with Crippen LogP contribution in [0.25, 0.3) is 16.7 Å². The van der Waals surface area contributed by atoms with Crippen molar-refractivity contribution in [1.82, 2.24) is 15.0 Å². The van der Waals surface area contributed by atoms with E-state index in [4.69, 9.17) is 4.74 Å². The van der Waals surface area contributed by atoms with Gasteiger partial charge in [0.25, 0.3) is 0 Å². The minimum Gasteiger partial charge on any atom is -0.506 e. The van der Waals surface area contributed by atoms with Gasteiger partial charge >= 0.3 is 5.97 Å². The minimum absolute atomic E-state index is 0.0623. The molecule has 1 unspecified atom stereocenters. The summed E-state index contributed by atoms with van der Waals surface area (Å²) >= 11 is 0. The zero-order chi connectivity index (χ0) is 17.1. The van der Waals surface area contributed by atoms with Crippen molar-refractivity contribution in [1.29, 1.82) is 0 Å². The molecule has 0 saturated carbocycles. The molecule has 2 aromatic carbocycles. The molecule has 0 bridgehead atoms. The van der Waals surface area contributed by atoms with Crippen molar-refractivity contribution >= 4 is 17.0 Å². The number of phenols is 1. The summed E-state index contributed by atoms with van der Waals surface area (Å²) < 4.78 is 5.30. The van der Waals surface area contributed by atoms with Crippen molar-refractivity contribution in [2.24, 2.45) is 5.92 Å². The first-order valence-corrected chi connectivity index (χ1v) is 7.89. The normalized spacial score (nSPS) is 12.2. The number of hydrogen-bond acceptors (Lipinski definition) is 5. The number of aromatic hydroxyl groups is 1. The molecule has 3 aromatic rings. The van der Waals surface area contributed by atoms with Crippen LogP contribution in [0.1, 0.15) is 25.8 Å². The second kappa shape index (κ2) is 6.70. The molecule has 0 saturated heterocycles. The minimum atomic E-state index is -0.227. The van der Waals surface area contributed by atoms with Gasteiger partial charge in [0, 0.05) is 0 Å². The Labute approximate surface area is 139 Å². The average Bonchev–Trinajstić information content (AvgIpc) is 3.03. The predicted octanol–water partition coefficient (Wildman–Crippen LogP) is 3.22. The van der Waals surface area contributed by atoms with Crippen molar-refractivity contribution < 1.29 is 14.6 Å². The number of carbonyl (C=O) groups excluding carboxylic acids is 1. The number of aromatic nitrogens is 3. The van der Waals surface area contributed by atoms with Crippen LogP contribution in [0.4, 0.5) is 0 Å². The highest BCUT2D eigenvalue weighted by Crippen LogP contribution is 2.23. The van der Waals surface area contributed by atoms with Gasteiger partial charge in [-0.2, -0.15) is 0 Å². The van der Waals surface area contributed by atoms with Crippen LogP contribution in [0.3, 0.4) is 0 Å². The van der Waals surface area contributed by atoms with Gasteiger partial charge in [0.05, 0.1) is 5.92 Å². The number of fused-ring (bicyclic) bond motifs is 1. The molecule has 1 aromatic heterocycles. The van der Waals surface area contributed by atoms with Crippen LogP contribution in [0.15, 0.2) is 42.5 Å². The topological polar surface area (TPSA) is 77.2 Å². The molecule has 0 aliphatic heterocycles. The summed E-state index contributed by atoms with van der Waals surface area (Å²) in [7, 11) is 0. The van der Waals surface area contributed by atoms with Gasteiger partial charge < -0.3 is 9.84 Å². The molecule has 0 aliphatic rings. The first-order valence-electron chi connectivity index (χ1n) is 7.89. The van der Waals surface area contributed by atoms with Crippen molar-refractivity contribution in [2.75, 3.05) is 0 Å². The summed E-state index contributed by atoms with van der Waals surface area (Å²) in [6.45, 7) is 3.93. The quantitative estimate of drug-likeness (QED) is 0.729. The van der Waals surface area contributed by atoms with Crippen LogP contribution < -0.4 is 0 Å². The van der Waals surface area contributed by atoms with E-state index in [1.807, 2.05) is 38.1 Å². The highest BCUT2D eigenvalue weighted by molar-refractivity contribution is 5.74. The van der Waals surface area contributed by atoms with E-state index in [2.05, 4.69) is 10.2 Å². The standard InChI is InChI=1S/C18H19N3O3/c1-3-12(2)18(23)24-11-13-8-9-17(22)16(10-13)21-19-14-6-4-5-7-15(14)20-21/h4-10,12,22H,3,11H2,1-2H3. The maximum atomic E-state index is 11.8. The molecule has 6 heteroatoms. The third-order valence-electron chi connectivity index (χ3n) is 3.94. The Morgan fingerprint density at radius 3 is 2.50 bits per heavy atom. The molecule has 3 rings (SSSR count). The van der Waals surface area contributed by atoms with Gasteiger partial charge in [-0.3, -0.25) is 4.79 Å². The molecule has 0 spiro atoms. The van der Waals surface area contributed by atoms with Gasteiger partial charge in [0.15, 0.2) is 0 Å². The largest absolute Gasteiger partial charge is 0.506 e. The number of phenolic OH excluding ortho intramolecular Hbond substituents is 1. The van der Waals surface area contributed by atoms with Crippen LogP contribution in [0.2, 0.25) is 0 Å². The van der Waals surface area contributed by atoms with Gasteiger partial charge in [-0.25, -0.2) is 0 Å². The lowest BCUT2D eigenvalue weighted by atomic mass is 10.1. The van der Waals surface area contributed by atoms with E-state index in [-0.39, 0.29) is 24.2 Å². The van der Waals surface area contributed by atoms with E-state index >= 15 is 0 Å². The third kappa shape index (κ3) is 3.22. The van der Waals surface area contributed by atoms with Crippen molar-refractivity contribution in [3.63, 3.8) is 0 Å². The lowest BCUT2D eigenvalue weighted by Crippen LogP contribution is -2.13. The molecule has 0 aliphatic carbocycles. The fourth-order valence-electron chi connectivity index (χ4n) is 2.25. The smallest absolute Gasteiger partial charge is 0.308 e. The van der Waals surface area contributed by atoms with E-state index in [9.17, 15) is 9.90 Å². The van der Waals surface area contributed by atoms with Crippen molar-refractivity contribution in [3.8, 4) is 11.4 Å². The average molecular weight is 325 g/mol. The Bertz CT molecular complexity index is 840. The Balaban J connectivity index is 1.85. The van der Waals surface area contributed by atoms with Crippen molar-refractivity contribution in [3.05, 3.63) is 48.0 Å². The Kier molecular flexibility index (Phi) is 4.46. The van der Waals surface area contributed by atoms with Gasteiger partial charge in [-0.15, -0.1) is 15.0 Å². The SMILES string of the molecule is CCC(C)C(=O)OCc1ccc(O)c(-n2nc3ccccc3n2)c1. The molecule has 1 atom stereocenters. The second-order valence-electron chi connectivity index (χ2n) is 5.72.